The lowest BCUT2D eigenvalue weighted by Gasteiger charge is -2.36. The van der Waals surface area contributed by atoms with E-state index in [0.717, 1.165) is 31.2 Å². The summed E-state index contributed by atoms with van der Waals surface area (Å²) in [6.45, 7) is 7.85. The van der Waals surface area contributed by atoms with Crippen molar-refractivity contribution in [1.29, 1.82) is 0 Å². The third-order valence-electron chi connectivity index (χ3n) is 3.18. The Labute approximate surface area is 142 Å². The van der Waals surface area contributed by atoms with Crippen molar-refractivity contribution >= 4 is 47.2 Å². The zero-order chi connectivity index (χ0) is 13.7. The lowest BCUT2D eigenvalue weighted by atomic mass is 10.2. The highest BCUT2D eigenvalue weighted by Gasteiger charge is 2.18. The highest BCUT2D eigenvalue weighted by molar-refractivity contribution is 14.0. The maximum atomic E-state index is 5.93. The molecule has 1 aromatic carbocycles. The fraction of sp³-hybridized carbons (Fsp3) is 0.357. The number of hydrogen-bond donors (Lipinski definition) is 1. The van der Waals surface area contributed by atoms with Crippen molar-refractivity contribution in [3.8, 4) is 0 Å². The number of piperazine rings is 1. The number of nitrogens with zero attached hydrogens (tertiary/aromatic N) is 3. The SMILES string of the molecule is C=CCN=C(N)N1CCN(c2ccc(Cl)cc2)CC1.I. The van der Waals surface area contributed by atoms with Gasteiger partial charge in [-0.2, -0.15) is 0 Å². The molecule has 20 heavy (non-hydrogen) atoms. The van der Waals surface area contributed by atoms with Crippen LogP contribution in [-0.4, -0.2) is 43.6 Å². The normalized spacial score (nSPS) is 15.8. The van der Waals surface area contributed by atoms with Gasteiger partial charge in [0, 0.05) is 36.9 Å². The van der Waals surface area contributed by atoms with Gasteiger partial charge >= 0.3 is 0 Å². The summed E-state index contributed by atoms with van der Waals surface area (Å²) >= 11 is 5.90. The molecule has 1 heterocycles. The summed E-state index contributed by atoms with van der Waals surface area (Å²) in [6, 6.07) is 7.94. The molecular formula is C14H20ClIN4. The van der Waals surface area contributed by atoms with Crippen LogP contribution in [0.3, 0.4) is 0 Å². The van der Waals surface area contributed by atoms with Gasteiger partial charge in [-0.15, -0.1) is 30.6 Å². The zero-order valence-corrected chi connectivity index (χ0v) is 14.4. The van der Waals surface area contributed by atoms with E-state index in [1.165, 1.54) is 5.69 Å². The zero-order valence-electron chi connectivity index (χ0n) is 11.3. The van der Waals surface area contributed by atoms with Gasteiger partial charge in [0.2, 0.25) is 0 Å². The molecule has 110 valence electrons. The highest BCUT2D eigenvalue weighted by Crippen LogP contribution is 2.19. The van der Waals surface area contributed by atoms with E-state index >= 15 is 0 Å². The fourth-order valence-electron chi connectivity index (χ4n) is 2.10. The van der Waals surface area contributed by atoms with Crippen LogP contribution in [0.25, 0.3) is 0 Å². The fourth-order valence-corrected chi connectivity index (χ4v) is 2.23. The summed E-state index contributed by atoms with van der Waals surface area (Å²) in [5.41, 5.74) is 7.13. The van der Waals surface area contributed by atoms with E-state index in [0.29, 0.717) is 12.5 Å². The van der Waals surface area contributed by atoms with Gasteiger partial charge in [-0.3, -0.25) is 0 Å². The van der Waals surface area contributed by atoms with E-state index in [-0.39, 0.29) is 24.0 Å². The molecule has 2 rings (SSSR count). The van der Waals surface area contributed by atoms with Crippen molar-refractivity contribution in [1.82, 2.24) is 4.90 Å². The molecule has 0 saturated carbocycles. The Balaban J connectivity index is 0.00000200. The number of hydrogen-bond acceptors (Lipinski definition) is 2. The largest absolute Gasteiger partial charge is 0.370 e. The van der Waals surface area contributed by atoms with Gasteiger partial charge in [0.05, 0.1) is 6.54 Å². The predicted molar refractivity (Wildman–Crippen MR) is 97.3 cm³/mol. The number of anilines is 1. The molecule has 0 aromatic heterocycles. The number of halogens is 2. The molecule has 1 fully saturated rings. The summed E-state index contributed by atoms with van der Waals surface area (Å²) in [6.07, 6.45) is 1.75. The summed E-state index contributed by atoms with van der Waals surface area (Å²) < 4.78 is 0. The molecule has 0 radical (unpaired) electrons. The molecule has 1 aromatic rings. The van der Waals surface area contributed by atoms with Crippen LogP contribution in [0.4, 0.5) is 5.69 Å². The predicted octanol–water partition coefficient (Wildman–Crippen LogP) is 2.58. The van der Waals surface area contributed by atoms with Crippen LogP contribution in [-0.2, 0) is 0 Å². The van der Waals surface area contributed by atoms with Crippen LogP contribution in [0.2, 0.25) is 5.02 Å². The minimum Gasteiger partial charge on any atom is -0.370 e. The second-order valence-corrected chi connectivity index (χ2v) is 4.87. The van der Waals surface area contributed by atoms with Crippen LogP contribution >= 0.6 is 35.6 Å². The average Bonchev–Trinajstić information content (AvgIpc) is 2.46. The topological polar surface area (TPSA) is 44.9 Å². The van der Waals surface area contributed by atoms with Crippen molar-refractivity contribution in [2.75, 3.05) is 37.6 Å². The summed E-state index contributed by atoms with van der Waals surface area (Å²) in [5.74, 6) is 0.607. The first kappa shape index (κ1) is 17.1. The van der Waals surface area contributed by atoms with E-state index in [1.54, 1.807) is 6.08 Å². The number of nitrogens with two attached hydrogens (primary N) is 1. The second kappa shape index (κ2) is 8.36. The molecule has 1 aliphatic rings. The monoisotopic (exact) mass is 406 g/mol. The Bertz CT molecular complexity index is 453. The molecule has 0 aliphatic carbocycles. The van der Waals surface area contributed by atoms with Crippen molar-refractivity contribution in [3.63, 3.8) is 0 Å². The molecule has 6 heteroatoms. The van der Waals surface area contributed by atoms with Crippen LogP contribution in [0.5, 0.6) is 0 Å². The lowest BCUT2D eigenvalue weighted by molar-refractivity contribution is 0.381. The molecular weight excluding hydrogens is 387 g/mol. The molecule has 0 atom stereocenters. The van der Waals surface area contributed by atoms with Gasteiger partial charge in [0.15, 0.2) is 5.96 Å². The van der Waals surface area contributed by atoms with E-state index < -0.39 is 0 Å². The minimum atomic E-state index is 0. The molecule has 0 bridgehead atoms. The van der Waals surface area contributed by atoms with Gasteiger partial charge in [0.25, 0.3) is 0 Å². The molecule has 0 spiro atoms. The Morgan fingerprint density at radius 3 is 2.40 bits per heavy atom. The maximum absolute atomic E-state index is 5.93. The molecule has 0 amide bonds. The van der Waals surface area contributed by atoms with Gasteiger partial charge < -0.3 is 15.5 Å². The number of rotatable bonds is 3. The smallest absolute Gasteiger partial charge is 0.191 e. The number of aliphatic imine (C=N–C) groups is 1. The number of benzene rings is 1. The Morgan fingerprint density at radius 1 is 1.25 bits per heavy atom. The van der Waals surface area contributed by atoms with Crippen molar-refractivity contribution in [3.05, 3.63) is 41.9 Å². The van der Waals surface area contributed by atoms with Gasteiger partial charge in [0.1, 0.15) is 0 Å². The standard InChI is InChI=1S/C14H19ClN4.HI/c1-2-7-17-14(16)19-10-8-18(9-11-19)13-5-3-12(15)4-6-13;/h2-6H,1,7-11H2,(H2,16,17);1H. The first-order chi connectivity index (χ1) is 9.20. The summed E-state index contributed by atoms with van der Waals surface area (Å²) in [4.78, 5) is 8.68. The molecule has 1 saturated heterocycles. The molecule has 1 aliphatic heterocycles. The van der Waals surface area contributed by atoms with E-state index in [2.05, 4.69) is 21.4 Å². The third kappa shape index (κ3) is 4.56. The van der Waals surface area contributed by atoms with Crippen LogP contribution in [0.1, 0.15) is 0 Å². The van der Waals surface area contributed by atoms with Crippen LogP contribution in [0, 0.1) is 0 Å². The van der Waals surface area contributed by atoms with Gasteiger partial charge in [-0.25, -0.2) is 4.99 Å². The minimum absolute atomic E-state index is 0. The maximum Gasteiger partial charge on any atom is 0.191 e. The molecule has 0 unspecified atom stereocenters. The Morgan fingerprint density at radius 2 is 1.85 bits per heavy atom. The summed E-state index contributed by atoms with van der Waals surface area (Å²) in [7, 11) is 0. The lowest BCUT2D eigenvalue weighted by Crippen LogP contribution is -2.51. The van der Waals surface area contributed by atoms with Crippen molar-refractivity contribution in [2.24, 2.45) is 10.7 Å². The van der Waals surface area contributed by atoms with Gasteiger partial charge in [-0.1, -0.05) is 17.7 Å². The van der Waals surface area contributed by atoms with Crippen LogP contribution in [0.15, 0.2) is 41.9 Å². The number of guanidine groups is 1. The first-order valence-electron chi connectivity index (χ1n) is 6.37. The molecule has 4 nitrogen and oxygen atoms in total. The van der Waals surface area contributed by atoms with Gasteiger partial charge in [-0.05, 0) is 24.3 Å². The molecule has 2 N–H and O–H groups in total. The van der Waals surface area contributed by atoms with E-state index in [1.807, 2.05) is 24.3 Å². The average molecular weight is 407 g/mol. The van der Waals surface area contributed by atoms with E-state index in [9.17, 15) is 0 Å². The van der Waals surface area contributed by atoms with Crippen molar-refractivity contribution < 1.29 is 0 Å². The second-order valence-electron chi connectivity index (χ2n) is 4.44. The first-order valence-corrected chi connectivity index (χ1v) is 6.75. The summed E-state index contributed by atoms with van der Waals surface area (Å²) in [5, 5.41) is 0.767. The quantitative estimate of drug-likeness (QED) is 0.363. The Hall–Kier alpha value is -0.950. The van der Waals surface area contributed by atoms with Crippen LogP contribution < -0.4 is 10.6 Å². The van der Waals surface area contributed by atoms with Crippen molar-refractivity contribution in [2.45, 2.75) is 0 Å². The Kier molecular flexibility index (Phi) is 7.15. The third-order valence-corrected chi connectivity index (χ3v) is 3.43. The van der Waals surface area contributed by atoms with E-state index in [4.69, 9.17) is 17.3 Å². The highest BCUT2D eigenvalue weighted by atomic mass is 127.